The van der Waals surface area contributed by atoms with E-state index < -0.39 is 35.3 Å². The van der Waals surface area contributed by atoms with E-state index >= 15 is 4.39 Å². The van der Waals surface area contributed by atoms with Crippen LogP contribution in [0.15, 0.2) is 48.7 Å². The number of aromatic nitrogens is 3. The van der Waals surface area contributed by atoms with Crippen molar-refractivity contribution in [2.45, 2.75) is 43.9 Å². The molecule has 4 N–H and O–H groups in total. The van der Waals surface area contributed by atoms with Gasteiger partial charge in [0.2, 0.25) is 0 Å². The minimum absolute atomic E-state index is 0.0541. The van der Waals surface area contributed by atoms with E-state index in [-0.39, 0.29) is 35.9 Å². The van der Waals surface area contributed by atoms with Gasteiger partial charge < -0.3 is 25.5 Å². The second-order valence-corrected chi connectivity index (χ2v) is 11.6. The predicted octanol–water partition coefficient (Wildman–Crippen LogP) is 2.04. The number of halogens is 3. The third kappa shape index (κ3) is 4.47. The molecule has 1 unspecified atom stereocenters. The van der Waals surface area contributed by atoms with Gasteiger partial charge in [0.05, 0.1) is 28.8 Å². The first-order valence-corrected chi connectivity index (χ1v) is 13.4. The molecule has 4 aromatic rings. The van der Waals surface area contributed by atoms with E-state index in [1.54, 1.807) is 40.9 Å². The SMILES string of the molecule is BC(B)(O)C(C)(CN)Cc1ncc(-c2ccc3nc4n(c3c2)[C@H]2C[C@H]4NC(=O)c3cccc(OC(F)F)c32)cc1F. The quantitative estimate of drug-likeness (QED) is 0.298. The van der Waals surface area contributed by atoms with Crippen LogP contribution in [0.25, 0.3) is 22.2 Å². The molecule has 0 saturated carbocycles. The Bertz CT molecular complexity index is 1690. The van der Waals surface area contributed by atoms with Crippen LogP contribution in [0.1, 0.15) is 52.9 Å². The number of amides is 1. The van der Waals surface area contributed by atoms with Crippen LogP contribution in [0.5, 0.6) is 5.75 Å². The van der Waals surface area contributed by atoms with Crippen molar-refractivity contribution >= 4 is 32.6 Å². The molecule has 6 rings (SSSR count). The molecule has 1 amide bonds. The van der Waals surface area contributed by atoms with Gasteiger partial charge in [-0.05, 0) is 54.3 Å². The monoisotopic (exact) mass is 561 g/mol. The van der Waals surface area contributed by atoms with E-state index in [0.29, 0.717) is 40.0 Å². The second kappa shape index (κ2) is 9.63. The minimum Gasteiger partial charge on any atom is -0.434 e. The maximum absolute atomic E-state index is 15.3. The normalized spacial score (nSPS) is 19.4. The average molecular weight is 561 g/mol. The van der Waals surface area contributed by atoms with Crippen molar-refractivity contribution in [1.82, 2.24) is 19.9 Å². The molecule has 2 aromatic carbocycles. The number of alkyl halides is 2. The molecular formula is C28H28B2F3N5O3. The summed E-state index contributed by atoms with van der Waals surface area (Å²) < 4.78 is 48.7. The fourth-order valence-electron chi connectivity index (χ4n) is 5.85. The molecular weight excluding hydrogens is 533 g/mol. The van der Waals surface area contributed by atoms with Gasteiger partial charge in [0, 0.05) is 34.7 Å². The van der Waals surface area contributed by atoms with Crippen LogP contribution < -0.4 is 15.8 Å². The van der Waals surface area contributed by atoms with Crippen LogP contribution in [-0.4, -0.2) is 59.8 Å². The fraction of sp³-hybridized carbons (Fsp3) is 0.321. The van der Waals surface area contributed by atoms with E-state index in [4.69, 9.17) is 15.5 Å². The Hall–Kier alpha value is -3.83. The van der Waals surface area contributed by atoms with Crippen LogP contribution in [0, 0.1) is 11.2 Å². The number of ether oxygens (including phenoxy) is 1. The molecule has 8 nitrogen and oxygen atoms in total. The van der Waals surface area contributed by atoms with E-state index in [0.717, 1.165) is 0 Å². The Balaban J connectivity index is 1.42. The van der Waals surface area contributed by atoms with Crippen molar-refractivity contribution in [3.05, 3.63) is 77.1 Å². The first kappa shape index (κ1) is 27.3. The number of nitrogens with one attached hydrogen (secondary N) is 1. The molecule has 0 saturated heterocycles. The van der Waals surface area contributed by atoms with Gasteiger partial charge in [-0.25, -0.2) is 9.37 Å². The number of nitrogens with two attached hydrogens (primary N) is 1. The summed E-state index contributed by atoms with van der Waals surface area (Å²) >= 11 is 0. The lowest BCUT2D eigenvalue weighted by atomic mass is 9.50. The first-order chi connectivity index (χ1) is 19.4. The molecule has 0 spiro atoms. The number of imidazole rings is 1. The Morgan fingerprint density at radius 2 is 2.02 bits per heavy atom. The van der Waals surface area contributed by atoms with Gasteiger partial charge in [0.15, 0.2) is 0 Å². The summed E-state index contributed by atoms with van der Waals surface area (Å²) in [4.78, 5) is 22.1. The summed E-state index contributed by atoms with van der Waals surface area (Å²) in [7, 11) is 3.29. The molecule has 210 valence electrons. The summed E-state index contributed by atoms with van der Waals surface area (Å²) in [5.74, 6) is -0.326. The van der Waals surface area contributed by atoms with Crippen molar-refractivity contribution in [3.63, 3.8) is 0 Å². The van der Waals surface area contributed by atoms with Crippen molar-refractivity contribution in [2.24, 2.45) is 11.1 Å². The number of carbonyl (C=O) groups excluding carboxylic acids is 1. The molecule has 0 radical (unpaired) electrons. The van der Waals surface area contributed by atoms with Gasteiger partial charge in [-0.2, -0.15) is 8.78 Å². The van der Waals surface area contributed by atoms with Gasteiger partial charge in [-0.1, -0.05) is 19.1 Å². The van der Waals surface area contributed by atoms with E-state index in [1.807, 2.05) is 16.7 Å². The van der Waals surface area contributed by atoms with Crippen molar-refractivity contribution < 1.29 is 27.8 Å². The highest BCUT2D eigenvalue weighted by Gasteiger charge is 2.42. The minimum atomic E-state index is -3.05. The average Bonchev–Trinajstić information content (AvgIpc) is 3.40. The number of carbonyl (C=O) groups is 1. The molecule has 2 aliphatic heterocycles. The van der Waals surface area contributed by atoms with Crippen LogP contribution >= 0.6 is 0 Å². The van der Waals surface area contributed by atoms with E-state index in [1.165, 1.54) is 18.2 Å². The molecule has 13 heteroatoms. The fourth-order valence-corrected chi connectivity index (χ4v) is 5.85. The van der Waals surface area contributed by atoms with Crippen molar-refractivity contribution in [3.8, 4) is 16.9 Å². The number of fused-ring (bicyclic) bond motifs is 9. The molecule has 2 aromatic heterocycles. The second-order valence-electron chi connectivity index (χ2n) is 11.6. The van der Waals surface area contributed by atoms with Crippen LogP contribution in [0.3, 0.4) is 0 Å². The number of aliphatic hydroxyl groups is 1. The van der Waals surface area contributed by atoms with Crippen LogP contribution in [-0.2, 0) is 6.42 Å². The summed E-state index contributed by atoms with van der Waals surface area (Å²) in [6, 6.07) is 10.5. The predicted molar refractivity (Wildman–Crippen MR) is 152 cm³/mol. The summed E-state index contributed by atoms with van der Waals surface area (Å²) in [5, 5.41) is 12.4. The number of pyridine rings is 1. The highest BCUT2D eigenvalue weighted by atomic mass is 19.3. The number of nitrogens with zero attached hydrogens (tertiary/aromatic N) is 3. The lowest BCUT2D eigenvalue weighted by Gasteiger charge is -2.40. The molecule has 4 heterocycles. The Morgan fingerprint density at radius 1 is 1.24 bits per heavy atom. The standard InChI is InChI=1S/C28H28B2F3N5O3/c1-27(12-34,28(29,30)40)10-19-16(31)7-14(11-35-19)13-5-6-17-20(8-13)38-21-9-18(24(38)36-17)37-25(39)15-3-2-4-22(23(15)21)41-26(32)33/h2-8,11,18,21,26,40H,9-10,12,29-30,34H2,1H3,(H,37,39)/t18-,21+,27?/m1/s1. The van der Waals surface area contributed by atoms with E-state index in [9.17, 15) is 18.7 Å². The number of rotatable bonds is 7. The zero-order chi connectivity index (χ0) is 29.3. The Morgan fingerprint density at radius 3 is 2.71 bits per heavy atom. The number of hydrogen-bond donors (Lipinski definition) is 3. The molecule has 3 atom stereocenters. The van der Waals surface area contributed by atoms with Gasteiger partial charge in [0.1, 0.15) is 33.1 Å². The molecule has 0 aliphatic carbocycles. The highest BCUT2D eigenvalue weighted by Crippen LogP contribution is 2.47. The molecule has 0 fully saturated rings. The lowest BCUT2D eigenvalue weighted by molar-refractivity contribution is -0.0507. The maximum atomic E-state index is 15.3. The third-order valence-corrected chi connectivity index (χ3v) is 8.70. The smallest absolute Gasteiger partial charge is 0.387 e. The molecule has 41 heavy (non-hydrogen) atoms. The van der Waals surface area contributed by atoms with Crippen molar-refractivity contribution in [2.75, 3.05) is 6.54 Å². The number of benzene rings is 2. The van der Waals surface area contributed by atoms with Crippen molar-refractivity contribution in [1.29, 1.82) is 0 Å². The lowest BCUT2D eigenvalue weighted by Crippen LogP contribution is -2.53. The largest absolute Gasteiger partial charge is 0.434 e. The number of hydrogen-bond acceptors (Lipinski definition) is 6. The third-order valence-electron chi connectivity index (χ3n) is 8.70. The summed E-state index contributed by atoms with van der Waals surface area (Å²) in [6.07, 6.45) is 2.16. The first-order valence-electron chi connectivity index (χ1n) is 13.4. The van der Waals surface area contributed by atoms with Crippen LogP contribution in [0.2, 0.25) is 0 Å². The van der Waals surface area contributed by atoms with E-state index in [2.05, 4.69) is 10.3 Å². The summed E-state index contributed by atoms with van der Waals surface area (Å²) in [6.45, 7) is -1.10. The van der Waals surface area contributed by atoms with Gasteiger partial charge >= 0.3 is 6.61 Å². The zero-order valence-corrected chi connectivity index (χ0v) is 22.8. The maximum Gasteiger partial charge on any atom is 0.387 e. The molecule has 2 bridgehead atoms. The molecule has 2 aliphatic rings. The Kier molecular flexibility index (Phi) is 6.42. The zero-order valence-electron chi connectivity index (χ0n) is 22.8. The van der Waals surface area contributed by atoms with Crippen LogP contribution in [0.4, 0.5) is 13.2 Å². The van der Waals surface area contributed by atoms with Gasteiger partial charge in [-0.15, -0.1) is 0 Å². The van der Waals surface area contributed by atoms with Gasteiger partial charge in [-0.3, -0.25) is 9.78 Å². The highest BCUT2D eigenvalue weighted by molar-refractivity contribution is 6.39. The summed E-state index contributed by atoms with van der Waals surface area (Å²) in [5.41, 5.74) is 8.59. The van der Waals surface area contributed by atoms with Gasteiger partial charge in [0.25, 0.3) is 5.91 Å². The topological polar surface area (TPSA) is 115 Å². The Labute approximate surface area is 235 Å².